The average molecular weight is 303 g/mol. The quantitative estimate of drug-likeness (QED) is 0.822. The molecule has 112 valence electrons. The summed E-state index contributed by atoms with van der Waals surface area (Å²) in [5, 5.41) is 4.48. The van der Waals surface area contributed by atoms with Gasteiger partial charge in [0.25, 0.3) is 0 Å². The minimum Gasteiger partial charge on any atom is -0.309 e. The number of benzene rings is 1. The fraction of sp³-hybridized carbons (Fsp3) is 0.389. The molecule has 2 unspecified atom stereocenters. The largest absolute Gasteiger partial charge is 0.309 e. The number of hydrogen-bond acceptors (Lipinski definition) is 2. The van der Waals surface area contributed by atoms with E-state index in [2.05, 4.69) is 43.2 Å². The summed E-state index contributed by atoms with van der Waals surface area (Å²) in [4.78, 5) is 4.51. The van der Waals surface area contributed by atoms with Gasteiger partial charge in [-0.3, -0.25) is 4.98 Å². The minimum absolute atomic E-state index is 0.221. The van der Waals surface area contributed by atoms with Crippen LogP contribution in [0.25, 0.3) is 0 Å². The molecule has 3 heteroatoms. The summed E-state index contributed by atoms with van der Waals surface area (Å²) in [5.74, 6) is 0.287. The van der Waals surface area contributed by atoms with Crippen molar-refractivity contribution in [2.24, 2.45) is 0 Å². The predicted octanol–water partition coefficient (Wildman–Crippen LogP) is 4.89. The van der Waals surface area contributed by atoms with E-state index in [1.54, 1.807) is 0 Å². The molecule has 2 nitrogen and oxygen atoms in total. The zero-order valence-electron chi connectivity index (χ0n) is 12.9. The van der Waals surface area contributed by atoms with E-state index in [4.69, 9.17) is 11.6 Å². The first-order valence-corrected chi connectivity index (χ1v) is 7.92. The molecule has 1 heterocycles. The third kappa shape index (κ3) is 3.84. The van der Waals surface area contributed by atoms with Gasteiger partial charge in [-0.2, -0.15) is 0 Å². The zero-order chi connectivity index (χ0) is 15.2. The highest BCUT2D eigenvalue weighted by Gasteiger charge is 2.23. The summed E-state index contributed by atoms with van der Waals surface area (Å²) < 4.78 is 0. The average Bonchev–Trinajstić information content (AvgIpc) is 2.52. The van der Waals surface area contributed by atoms with Gasteiger partial charge >= 0.3 is 0 Å². The minimum atomic E-state index is 0.221. The van der Waals surface area contributed by atoms with Crippen molar-refractivity contribution in [3.63, 3.8) is 0 Å². The zero-order valence-corrected chi connectivity index (χ0v) is 13.7. The Balaban J connectivity index is 2.36. The van der Waals surface area contributed by atoms with E-state index in [0.717, 1.165) is 29.2 Å². The molecule has 0 aliphatic heterocycles. The summed E-state index contributed by atoms with van der Waals surface area (Å²) in [6.07, 6.45) is 2.96. The molecule has 2 aromatic rings. The lowest BCUT2D eigenvalue weighted by molar-refractivity contribution is 0.458. The first-order chi connectivity index (χ1) is 10.1. The van der Waals surface area contributed by atoms with Crippen LogP contribution in [0.15, 0.2) is 42.6 Å². The Morgan fingerprint density at radius 1 is 1.19 bits per heavy atom. The number of hydrogen-bond donors (Lipinski definition) is 1. The molecular formula is C18H23ClN2. The van der Waals surface area contributed by atoms with Gasteiger partial charge < -0.3 is 5.32 Å². The number of halogens is 1. The van der Waals surface area contributed by atoms with Gasteiger partial charge in [0.2, 0.25) is 0 Å². The molecule has 1 aromatic heterocycles. The molecule has 0 fully saturated rings. The number of rotatable bonds is 6. The SMILES string of the molecule is CCCNC(c1cccc(Cl)c1C)C(C)c1ccccn1. The number of aromatic nitrogens is 1. The molecule has 21 heavy (non-hydrogen) atoms. The maximum absolute atomic E-state index is 6.30. The second-order valence-electron chi connectivity index (χ2n) is 5.43. The van der Waals surface area contributed by atoms with E-state index in [0.29, 0.717) is 0 Å². The van der Waals surface area contributed by atoms with Gasteiger partial charge in [-0.1, -0.05) is 43.6 Å². The second kappa shape index (κ2) is 7.58. The van der Waals surface area contributed by atoms with Crippen molar-refractivity contribution in [2.45, 2.75) is 39.2 Å². The van der Waals surface area contributed by atoms with Crippen molar-refractivity contribution in [3.8, 4) is 0 Å². The molecule has 0 saturated heterocycles. The first kappa shape index (κ1) is 16.0. The highest BCUT2D eigenvalue weighted by atomic mass is 35.5. The topological polar surface area (TPSA) is 24.9 Å². The lowest BCUT2D eigenvalue weighted by Gasteiger charge is -2.27. The van der Waals surface area contributed by atoms with Crippen molar-refractivity contribution < 1.29 is 0 Å². The van der Waals surface area contributed by atoms with Gasteiger partial charge in [-0.25, -0.2) is 0 Å². The standard InChI is InChI=1S/C18H23ClN2/c1-4-11-21-18(14(3)17-10-5-6-12-20-17)15-8-7-9-16(19)13(15)2/h5-10,12,14,18,21H,4,11H2,1-3H3. The van der Waals surface area contributed by atoms with Crippen LogP contribution in [0.3, 0.4) is 0 Å². The van der Waals surface area contributed by atoms with Crippen LogP contribution in [-0.4, -0.2) is 11.5 Å². The van der Waals surface area contributed by atoms with Gasteiger partial charge in [0.05, 0.1) is 0 Å². The molecule has 2 rings (SSSR count). The maximum Gasteiger partial charge on any atom is 0.0450 e. The molecule has 0 spiro atoms. The third-order valence-corrected chi connectivity index (χ3v) is 4.32. The number of nitrogens with one attached hydrogen (secondary N) is 1. The van der Waals surface area contributed by atoms with Gasteiger partial charge in [-0.05, 0) is 49.2 Å². The molecule has 0 bridgehead atoms. The van der Waals surface area contributed by atoms with E-state index >= 15 is 0 Å². The van der Waals surface area contributed by atoms with Crippen molar-refractivity contribution in [1.82, 2.24) is 10.3 Å². The highest BCUT2D eigenvalue weighted by molar-refractivity contribution is 6.31. The Bertz CT molecular complexity index is 569. The Labute approximate surface area is 132 Å². The van der Waals surface area contributed by atoms with Crippen LogP contribution in [0.2, 0.25) is 5.02 Å². The van der Waals surface area contributed by atoms with E-state index in [-0.39, 0.29) is 12.0 Å². The van der Waals surface area contributed by atoms with Crippen molar-refractivity contribution in [2.75, 3.05) is 6.54 Å². The van der Waals surface area contributed by atoms with Gasteiger partial charge in [-0.15, -0.1) is 0 Å². The monoisotopic (exact) mass is 302 g/mol. The van der Waals surface area contributed by atoms with Crippen LogP contribution in [0.4, 0.5) is 0 Å². The summed E-state index contributed by atoms with van der Waals surface area (Å²) in [6, 6.07) is 12.4. The normalized spacial score (nSPS) is 13.9. The second-order valence-corrected chi connectivity index (χ2v) is 5.84. The summed E-state index contributed by atoms with van der Waals surface area (Å²) in [6.45, 7) is 7.47. The first-order valence-electron chi connectivity index (χ1n) is 7.54. The van der Waals surface area contributed by atoms with Crippen LogP contribution >= 0.6 is 11.6 Å². The van der Waals surface area contributed by atoms with Crippen LogP contribution in [0, 0.1) is 6.92 Å². The van der Waals surface area contributed by atoms with Crippen molar-refractivity contribution >= 4 is 11.6 Å². The van der Waals surface area contributed by atoms with E-state index < -0.39 is 0 Å². The van der Waals surface area contributed by atoms with Crippen LogP contribution in [-0.2, 0) is 0 Å². The fourth-order valence-electron chi connectivity index (χ4n) is 2.63. The highest BCUT2D eigenvalue weighted by Crippen LogP contribution is 2.33. The van der Waals surface area contributed by atoms with Gasteiger partial charge in [0.1, 0.15) is 0 Å². The molecule has 1 aromatic carbocycles. The predicted molar refractivity (Wildman–Crippen MR) is 89.9 cm³/mol. The van der Waals surface area contributed by atoms with Crippen molar-refractivity contribution in [3.05, 3.63) is 64.4 Å². The molecule has 2 atom stereocenters. The molecule has 1 N–H and O–H groups in total. The molecule has 0 radical (unpaired) electrons. The van der Waals surface area contributed by atoms with Crippen LogP contribution in [0.5, 0.6) is 0 Å². The third-order valence-electron chi connectivity index (χ3n) is 3.91. The maximum atomic E-state index is 6.30. The summed E-state index contributed by atoms with van der Waals surface area (Å²) >= 11 is 6.30. The molecule has 0 aliphatic carbocycles. The summed E-state index contributed by atoms with van der Waals surface area (Å²) in [5.41, 5.74) is 3.51. The molecule has 0 saturated carbocycles. The lowest BCUT2D eigenvalue weighted by Crippen LogP contribution is -2.27. The molecular weight excluding hydrogens is 280 g/mol. The van der Waals surface area contributed by atoms with E-state index in [9.17, 15) is 0 Å². The number of pyridine rings is 1. The Kier molecular flexibility index (Phi) is 5.77. The van der Waals surface area contributed by atoms with Gasteiger partial charge in [0, 0.05) is 28.9 Å². The Morgan fingerprint density at radius 2 is 2.00 bits per heavy atom. The number of nitrogens with zero attached hydrogens (tertiary/aromatic N) is 1. The molecule has 0 aliphatic rings. The smallest absolute Gasteiger partial charge is 0.0450 e. The van der Waals surface area contributed by atoms with Crippen molar-refractivity contribution in [1.29, 1.82) is 0 Å². The van der Waals surface area contributed by atoms with Crippen LogP contribution in [0.1, 0.15) is 49.0 Å². The Morgan fingerprint density at radius 3 is 2.67 bits per heavy atom. The summed E-state index contributed by atoms with van der Waals surface area (Å²) in [7, 11) is 0. The molecule has 0 amide bonds. The fourth-order valence-corrected chi connectivity index (χ4v) is 2.81. The van der Waals surface area contributed by atoms with E-state index in [1.807, 2.05) is 30.5 Å². The van der Waals surface area contributed by atoms with E-state index in [1.165, 1.54) is 5.56 Å². The lowest BCUT2D eigenvalue weighted by atomic mass is 9.89. The van der Waals surface area contributed by atoms with Crippen LogP contribution < -0.4 is 5.32 Å². The Hall–Kier alpha value is -1.38. The van der Waals surface area contributed by atoms with Gasteiger partial charge in [0.15, 0.2) is 0 Å².